The largest absolute Gasteiger partial charge is 0.472 e. The first-order chi connectivity index (χ1) is 53.7. The van der Waals surface area contributed by atoms with Crippen molar-refractivity contribution in [2.24, 2.45) is 0 Å². The Bertz CT molecular complexity index is 2600. The third-order valence-corrected chi connectivity index (χ3v) is 20.0. The Morgan fingerprint density at radius 1 is 0.264 bits per heavy atom. The summed E-state index contributed by atoms with van der Waals surface area (Å²) in [4.78, 5) is 73.3. The molecular formula is C91H156O17P2. The van der Waals surface area contributed by atoms with Crippen LogP contribution in [-0.4, -0.2) is 96.7 Å². The van der Waals surface area contributed by atoms with Crippen LogP contribution in [0.15, 0.2) is 134 Å². The lowest BCUT2D eigenvalue weighted by atomic mass is 10.0. The molecule has 110 heavy (non-hydrogen) atoms. The summed E-state index contributed by atoms with van der Waals surface area (Å²) in [5.41, 5.74) is 0. The molecule has 0 saturated carbocycles. The number of carbonyl (C=O) groups excluding carboxylic acids is 4. The fraction of sp³-hybridized carbons (Fsp3) is 0.714. The van der Waals surface area contributed by atoms with Crippen molar-refractivity contribution in [3.8, 4) is 0 Å². The average molecular weight is 1580 g/mol. The molecule has 0 aromatic carbocycles. The van der Waals surface area contributed by atoms with E-state index < -0.39 is 97.5 Å². The first-order valence-corrected chi connectivity index (χ1v) is 46.4. The van der Waals surface area contributed by atoms with Crippen LogP contribution >= 0.6 is 15.6 Å². The molecule has 0 fully saturated rings. The van der Waals surface area contributed by atoms with Gasteiger partial charge < -0.3 is 33.8 Å². The first kappa shape index (κ1) is 105. The highest BCUT2D eigenvalue weighted by atomic mass is 31.2. The highest BCUT2D eigenvalue weighted by molar-refractivity contribution is 7.47. The van der Waals surface area contributed by atoms with E-state index in [1.54, 1.807) is 0 Å². The summed E-state index contributed by atoms with van der Waals surface area (Å²) in [6.45, 7) is 4.62. The van der Waals surface area contributed by atoms with Crippen LogP contribution in [0, 0.1) is 0 Å². The highest BCUT2D eigenvalue weighted by Gasteiger charge is 2.30. The standard InChI is InChI=1S/C91H156O17P2/c1-5-9-13-17-21-25-29-33-37-40-42-45-48-51-55-59-63-67-71-75-88(93)101-81-86(107-90(95)77-73-69-65-61-57-53-47-36-32-28-24-20-16-12-8-4)83-105-109(97,98)103-79-85(92)80-104-110(99,100)106-84-87(108-91(96)78-74-70-66-62-58-54-50-44-39-35-31-27-23-19-15-11-7-3)82-102-89(94)76-72-68-64-60-56-52-49-46-43-41-38-34-30-26-22-18-14-10-6-2/h9,11,13,15,21-23,25-27,33-35,37-39,42-43,45-46,51,55,85-87,92H,5-8,10,12,14,16-20,24,28-32,36,40-41,44,47-50,52-54,56-84H2,1-4H3,(H,97,98)(H,99,100)/b13-9-,15-11-,25-21-,26-22-,27-23-,37-33-,38-34-,39-35-,45-42-,46-43-,55-51-. The number of phosphoric acid groups is 2. The summed E-state index contributed by atoms with van der Waals surface area (Å²) < 4.78 is 68.9. The summed E-state index contributed by atoms with van der Waals surface area (Å²) in [6, 6.07) is 0. The van der Waals surface area contributed by atoms with E-state index in [1.807, 2.05) is 0 Å². The number of carbonyl (C=O) groups is 4. The molecule has 0 bridgehead atoms. The Kier molecular flexibility index (Phi) is 78.6. The second-order valence-corrected chi connectivity index (χ2v) is 31.6. The van der Waals surface area contributed by atoms with Gasteiger partial charge in [-0.15, -0.1) is 0 Å². The Labute approximate surface area is 669 Å². The quantitative estimate of drug-likeness (QED) is 0.0169. The van der Waals surface area contributed by atoms with Crippen LogP contribution < -0.4 is 0 Å². The number of rotatable bonds is 81. The lowest BCUT2D eigenvalue weighted by Crippen LogP contribution is -2.30. The van der Waals surface area contributed by atoms with Gasteiger partial charge >= 0.3 is 39.5 Å². The van der Waals surface area contributed by atoms with Gasteiger partial charge in [-0.05, 0) is 141 Å². The van der Waals surface area contributed by atoms with E-state index in [-0.39, 0.29) is 25.7 Å². The van der Waals surface area contributed by atoms with Crippen molar-refractivity contribution in [3.63, 3.8) is 0 Å². The van der Waals surface area contributed by atoms with E-state index in [0.717, 1.165) is 199 Å². The lowest BCUT2D eigenvalue weighted by Gasteiger charge is -2.21. The maximum Gasteiger partial charge on any atom is 0.472 e. The molecule has 5 atom stereocenters. The van der Waals surface area contributed by atoms with E-state index in [2.05, 4.69) is 161 Å². The Balaban J connectivity index is 5.41. The minimum atomic E-state index is -4.99. The van der Waals surface area contributed by atoms with Crippen LogP contribution in [0.3, 0.4) is 0 Å². The van der Waals surface area contributed by atoms with Gasteiger partial charge in [-0.1, -0.05) is 328 Å². The number of ether oxygens (including phenoxy) is 4. The zero-order valence-corrected chi connectivity index (χ0v) is 71.2. The predicted molar refractivity (Wildman–Crippen MR) is 454 cm³/mol. The van der Waals surface area contributed by atoms with E-state index in [4.69, 9.17) is 37.0 Å². The summed E-state index contributed by atoms with van der Waals surface area (Å²) in [5.74, 6) is -2.22. The van der Waals surface area contributed by atoms with Gasteiger partial charge in [0.25, 0.3) is 0 Å². The number of unbranched alkanes of at least 4 members (excludes halogenated alkanes) is 33. The summed E-state index contributed by atoms with van der Waals surface area (Å²) >= 11 is 0. The number of aliphatic hydroxyl groups excluding tert-OH is 1. The summed E-state index contributed by atoms with van der Waals surface area (Å²) in [6.07, 6.45) is 94.0. The monoisotopic (exact) mass is 1580 g/mol. The third kappa shape index (κ3) is 81.2. The molecule has 5 unspecified atom stereocenters. The molecule has 19 heteroatoms. The molecule has 0 spiro atoms. The van der Waals surface area contributed by atoms with E-state index in [9.17, 15) is 43.2 Å². The molecular weight excluding hydrogens is 1430 g/mol. The molecule has 632 valence electrons. The van der Waals surface area contributed by atoms with Gasteiger partial charge in [0.15, 0.2) is 12.2 Å². The van der Waals surface area contributed by atoms with Crippen molar-refractivity contribution in [2.45, 2.75) is 380 Å². The van der Waals surface area contributed by atoms with Gasteiger partial charge in [0.1, 0.15) is 19.3 Å². The number of hydrogen-bond acceptors (Lipinski definition) is 15. The molecule has 0 aliphatic rings. The lowest BCUT2D eigenvalue weighted by molar-refractivity contribution is -0.161. The molecule has 17 nitrogen and oxygen atoms in total. The number of hydrogen-bond donors (Lipinski definition) is 3. The van der Waals surface area contributed by atoms with Gasteiger partial charge in [0, 0.05) is 25.7 Å². The fourth-order valence-electron chi connectivity index (χ4n) is 11.6. The van der Waals surface area contributed by atoms with Gasteiger partial charge in [-0.25, -0.2) is 9.13 Å². The highest BCUT2D eigenvalue weighted by Crippen LogP contribution is 2.45. The molecule has 0 aromatic rings. The molecule has 0 saturated heterocycles. The van der Waals surface area contributed by atoms with Crippen LogP contribution in [0.4, 0.5) is 0 Å². The Hall–Kier alpha value is -4.80. The number of allylic oxidation sites excluding steroid dienone is 22. The number of esters is 4. The summed E-state index contributed by atoms with van der Waals surface area (Å²) in [7, 11) is -9.98. The smallest absolute Gasteiger partial charge is 0.462 e. The van der Waals surface area contributed by atoms with E-state index >= 15 is 0 Å². The van der Waals surface area contributed by atoms with Crippen LogP contribution in [0.1, 0.15) is 362 Å². The first-order valence-electron chi connectivity index (χ1n) is 43.4. The van der Waals surface area contributed by atoms with Crippen molar-refractivity contribution in [1.29, 1.82) is 0 Å². The fourth-order valence-corrected chi connectivity index (χ4v) is 13.1. The van der Waals surface area contributed by atoms with E-state index in [1.165, 1.54) is 83.5 Å². The normalized spacial score (nSPS) is 14.4. The molecule has 3 N–H and O–H groups in total. The zero-order chi connectivity index (χ0) is 80.3. The molecule has 0 heterocycles. The summed E-state index contributed by atoms with van der Waals surface area (Å²) in [5, 5.41) is 10.7. The average Bonchev–Trinajstić information content (AvgIpc) is 0.899. The molecule has 0 rings (SSSR count). The van der Waals surface area contributed by atoms with Crippen LogP contribution in [0.5, 0.6) is 0 Å². The SMILES string of the molecule is CC/C=C\C/C=C\C/C=C\C/C=C\C/C=C\CCCCCC(=O)OCC(COP(=O)(O)OCC(O)COP(=O)(O)OCC(COC(=O)CCCCCCCC/C=C\C/C=C\C/C=C\CCCCC)OC(=O)CCCCCCCCC/C=C\C/C=C\C/C=C\CC)OC(=O)CCCCCCCCCCCCCCCCC. The van der Waals surface area contributed by atoms with Crippen LogP contribution in [0.2, 0.25) is 0 Å². The molecule has 0 aromatic heterocycles. The Morgan fingerprint density at radius 3 is 0.755 bits per heavy atom. The van der Waals surface area contributed by atoms with Gasteiger partial charge in [0.05, 0.1) is 26.4 Å². The molecule has 0 radical (unpaired) electrons. The maximum absolute atomic E-state index is 13.2. The van der Waals surface area contributed by atoms with E-state index in [0.29, 0.717) is 25.7 Å². The maximum atomic E-state index is 13.2. The second kappa shape index (κ2) is 82.2. The number of phosphoric ester groups is 2. The van der Waals surface area contributed by atoms with Crippen molar-refractivity contribution >= 4 is 39.5 Å². The predicted octanol–water partition coefficient (Wildman–Crippen LogP) is 26.0. The van der Waals surface area contributed by atoms with Crippen molar-refractivity contribution in [2.75, 3.05) is 39.6 Å². The van der Waals surface area contributed by atoms with Crippen molar-refractivity contribution in [1.82, 2.24) is 0 Å². The number of aliphatic hydroxyl groups is 1. The van der Waals surface area contributed by atoms with Crippen molar-refractivity contribution < 1.29 is 80.2 Å². The minimum absolute atomic E-state index is 0.0780. The second-order valence-electron chi connectivity index (χ2n) is 28.7. The van der Waals surface area contributed by atoms with Crippen molar-refractivity contribution in [3.05, 3.63) is 134 Å². The van der Waals surface area contributed by atoms with Gasteiger partial charge in [0.2, 0.25) is 0 Å². The minimum Gasteiger partial charge on any atom is -0.462 e. The van der Waals surface area contributed by atoms with Gasteiger partial charge in [-0.2, -0.15) is 0 Å². The van der Waals surface area contributed by atoms with Gasteiger partial charge in [-0.3, -0.25) is 37.3 Å². The topological polar surface area (TPSA) is 237 Å². The zero-order valence-electron chi connectivity index (χ0n) is 69.4. The molecule has 0 aliphatic heterocycles. The molecule has 0 aliphatic carbocycles. The van der Waals surface area contributed by atoms with Crippen LogP contribution in [0.25, 0.3) is 0 Å². The molecule has 0 amide bonds. The van der Waals surface area contributed by atoms with Crippen LogP contribution in [-0.2, 0) is 65.4 Å². The third-order valence-electron chi connectivity index (χ3n) is 18.1. The Morgan fingerprint density at radius 2 is 0.473 bits per heavy atom.